The van der Waals surface area contributed by atoms with Gasteiger partial charge in [-0.25, -0.2) is 4.98 Å². The predicted molar refractivity (Wildman–Crippen MR) is 70.6 cm³/mol. The van der Waals surface area contributed by atoms with Gasteiger partial charge in [0.1, 0.15) is 5.82 Å². The number of carbonyl (C=O) groups is 1. The minimum absolute atomic E-state index is 0.146. The van der Waals surface area contributed by atoms with Gasteiger partial charge < -0.3 is 11.1 Å². The normalized spacial score (nSPS) is 14.6. The molecule has 1 aliphatic carbocycles. The largest absolute Gasteiger partial charge is 0.383 e. The number of hydrogen-bond donors (Lipinski definition) is 2. The number of aromatic nitrogens is 1. The molecule has 2 rings (SSSR count). The Balaban J connectivity index is 1.82. The summed E-state index contributed by atoms with van der Waals surface area (Å²) in [5.41, 5.74) is 6.10. The highest BCUT2D eigenvalue weighted by molar-refractivity contribution is 9.10. The zero-order chi connectivity index (χ0) is 12.3. The minimum atomic E-state index is -0.146. The molecule has 0 saturated heterocycles. The molecule has 1 amide bonds. The van der Waals surface area contributed by atoms with E-state index in [1.807, 2.05) is 0 Å². The van der Waals surface area contributed by atoms with Gasteiger partial charge in [0, 0.05) is 17.2 Å². The lowest BCUT2D eigenvalue weighted by Gasteiger charge is -2.07. The number of halogens is 1. The average molecular weight is 298 g/mol. The standard InChI is InChI=1S/C12H16BrN3O/c13-9-6-10(11(14)16-7-9)12(17)15-5-1-2-8-3-4-8/h6-8H,1-5H2,(H2,14,16)(H,15,17). The van der Waals surface area contributed by atoms with Crippen LogP contribution in [0.3, 0.4) is 0 Å². The fourth-order valence-corrected chi connectivity index (χ4v) is 2.06. The fourth-order valence-electron chi connectivity index (χ4n) is 1.73. The van der Waals surface area contributed by atoms with Crippen LogP contribution in [-0.4, -0.2) is 17.4 Å². The topological polar surface area (TPSA) is 68.0 Å². The highest BCUT2D eigenvalue weighted by Crippen LogP contribution is 2.33. The Morgan fingerprint density at radius 1 is 1.59 bits per heavy atom. The SMILES string of the molecule is Nc1ncc(Br)cc1C(=O)NCCCC1CC1. The van der Waals surface area contributed by atoms with Gasteiger partial charge in [-0.3, -0.25) is 4.79 Å². The first-order chi connectivity index (χ1) is 8.16. The number of nitrogens with zero attached hydrogens (tertiary/aromatic N) is 1. The molecule has 1 aliphatic rings. The first-order valence-electron chi connectivity index (χ1n) is 5.86. The summed E-state index contributed by atoms with van der Waals surface area (Å²) in [5, 5.41) is 2.87. The van der Waals surface area contributed by atoms with Gasteiger partial charge in [0.2, 0.25) is 0 Å². The van der Waals surface area contributed by atoms with Crippen LogP contribution in [0, 0.1) is 5.92 Å². The molecule has 0 atom stereocenters. The monoisotopic (exact) mass is 297 g/mol. The molecule has 0 aromatic carbocycles. The van der Waals surface area contributed by atoms with Crippen LogP contribution < -0.4 is 11.1 Å². The van der Waals surface area contributed by atoms with E-state index in [2.05, 4.69) is 26.2 Å². The Morgan fingerprint density at radius 2 is 2.35 bits per heavy atom. The molecule has 1 fully saturated rings. The highest BCUT2D eigenvalue weighted by atomic mass is 79.9. The molecule has 1 saturated carbocycles. The van der Waals surface area contributed by atoms with Crippen molar-refractivity contribution in [2.45, 2.75) is 25.7 Å². The Morgan fingerprint density at radius 3 is 3.06 bits per heavy atom. The van der Waals surface area contributed by atoms with Gasteiger partial charge in [-0.1, -0.05) is 12.8 Å². The lowest BCUT2D eigenvalue weighted by atomic mass is 10.2. The lowest BCUT2D eigenvalue weighted by molar-refractivity contribution is 0.0953. The molecule has 1 heterocycles. The van der Waals surface area contributed by atoms with E-state index in [0.717, 1.165) is 16.8 Å². The van der Waals surface area contributed by atoms with Crippen molar-refractivity contribution in [3.8, 4) is 0 Å². The molecule has 3 N–H and O–H groups in total. The third-order valence-electron chi connectivity index (χ3n) is 2.90. The van der Waals surface area contributed by atoms with Crippen LogP contribution in [0.5, 0.6) is 0 Å². The Hall–Kier alpha value is -1.10. The predicted octanol–water partition coefficient (Wildman–Crippen LogP) is 2.35. The number of nitrogens with one attached hydrogen (secondary N) is 1. The third kappa shape index (κ3) is 3.70. The molecular formula is C12H16BrN3O. The number of amides is 1. The first-order valence-corrected chi connectivity index (χ1v) is 6.65. The van der Waals surface area contributed by atoms with E-state index in [9.17, 15) is 4.79 Å². The van der Waals surface area contributed by atoms with Gasteiger partial charge in [-0.15, -0.1) is 0 Å². The van der Waals surface area contributed by atoms with Crippen molar-refractivity contribution in [1.82, 2.24) is 10.3 Å². The van der Waals surface area contributed by atoms with E-state index in [1.165, 1.54) is 19.3 Å². The van der Waals surface area contributed by atoms with E-state index in [0.29, 0.717) is 12.1 Å². The molecule has 4 nitrogen and oxygen atoms in total. The maximum Gasteiger partial charge on any atom is 0.255 e. The Kier molecular flexibility index (Phi) is 3.99. The second-order valence-corrected chi connectivity index (χ2v) is 5.34. The molecule has 1 aromatic rings. The fraction of sp³-hybridized carbons (Fsp3) is 0.500. The number of carbonyl (C=O) groups excluding carboxylic acids is 1. The third-order valence-corrected chi connectivity index (χ3v) is 3.34. The molecule has 0 aliphatic heterocycles. The maximum absolute atomic E-state index is 11.8. The van der Waals surface area contributed by atoms with Crippen LogP contribution in [0.15, 0.2) is 16.7 Å². The summed E-state index contributed by atoms with van der Waals surface area (Å²) in [6.45, 7) is 0.710. The number of rotatable bonds is 5. The number of pyridine rings is 1. The van der Waals surface area contributed by atoms with Crippen LogP contribution >= 0.6 is 15.9 Å². The van der Waals surface area contributed by atoms with Gasteiger partial charge >= 0.3 is 0 Å². The molecule has 5 heteroatoms. The van der Waals surface area contributed by atoms with Crippen molar-refractivity contribution < 1.29 is 4.79 Å². The quantitative estimate of drug-likeness (QED) is 0.820. The first kappa shape index (κ1) is 12.4. The molecule has 0 bridgehead atoms. The van der Waals surface area contributed by atoms with E-state index in [1.54, 1.807) is 12.3 Å². The number of hydrogen-bond acceptors (Lipinski definition) is 3. The van der Waals surface area contributed by atoms with Crippen molar-refractivity contribution >= 4 is 27.7 Å². The van der Waals surface area contributed by atoms with Crippen LogP contribution in [0.25, 0.3) is 0 Å². The zero-order valence-electron chi connectivity index (χ0n) is 9.58. The van der Waals surface area contributed by atoms with Crippen LogP contribution in [-0.2, 0) is 0 Å². The van der Waals surface area contributed by atoms with Crippen LogP contribution in [0.1, 0.15) is 36.0 Å². The summed E-state index contributed by atoms with van der Waals surface area (Å²) < 4.78 is 0.759. The molecule has 0 radical (unpaired) electrons. The van der Waals surface area contributed by atoms with E-state index in [4.69, 9.17) is 5.73 Å². The highest BCUT2D eigenvalue weighted by Gasteiger charge is 2.20. The second kappa shape index (κ2) is 5.49. The van der Waals surface area contributed by atoms with Gasteiger partial charge in [0.25, 0.3) is 5.91 Å². The molecule has 1 aromatic heterocycles. The molecule has 0 spiro atoms. The van der Waals surface area contributed by atoms with E-state index in [-0.39, 0.29) is 11.7 Å². The zero-order valence-corrected chi connectivity index (χ0v) is 11.2. The van der Waals surface area contributed by atoms with Gasteiger partial charge in [0.05, 0.1) is 5.56 Å². The van der Waals surface area contributed by atoms with E-state index < -0.39 is 0 Å². The Bertz CT molecular complexity index is 418. The average Bonchev–Trinajstić information content (AvgIpc) is 3.11. The molecule has 17 heavy (non-hydrogen) atoms. The van der Waals surface area contributed by atoms with Crippen LogP contribution in [0.2, 0.25) is 0 Å². The van der Waals surface area contributed by atoms with Gasteiger partial charge in [-0.05, 0) is 40.8 Å². The Labute approximate surface area is 109 Å². The van der Waals surface area contributed by atoms with E-state index >= 15 is 0 Å². The van der Waals surface area contributed by atoms with Gasteiger partial charge in [-0.2, -0.15) is 0 Å². The van der Waals surface area contributed by atoms with Crippen molar-refractivity contribution in [1.29, 1.82) is 0 Å². The summed E-state index contributed by atoms with van der Waals surface area (Å²) in [6, 6.07) is 1.69. The number of anilines is 1. The molecular weight excluding hydrogens is 282 g/mol. The number of nitrogens with two attached hydrogens (primary N) is 1. The smallest absolute Gasteiger partial charge is 0.255 e. The summed E-state index contributed by atoms with van der Waals surface area (Å²) >= 11 is 3.28. The number of nitrogen functional groups attached to an aromatic ring is 1. The van der Waals surface area contributed by atoms with Gasteiger partial charge in [0.15, 0.2) is 0 Å². The maximum atomic E-state index is 11.8. The van der Waals surface area contributed by atoms with Crippen molar-refractivity contribution in [3.05, 3.63) is 22.3 Å². The lowest BCUT2D eigenvalue weighted by Crippen LogP contribution is -2.25. The summed E-state index contributed by atoms with van der Waals surface area (Å²) in [5.74, 6) is 1.03. The molecule has 0 unspecified atom stereocenters. The summed E-state index contributed by atoms with van der Waals surface area (Å²) in [6.07, 6.45) is 6.55. The molecule has 92 valence electrons. The van der Waals surface area contributed by atoms with Crippen molar-refractivity contribution in [2.75, 3.05) is 12.3 Å². The van der Waals surface area contributed by atoms with Crippen molar-refractivity contribution in [2.24, 2.45) is 5.92 Å². The second-order valence-electron chi connectivity index (χ2n) is 4.43. The minimum Gasteiger partial charge on any atom is -0.383 e. The van der Waals surface area contributed by atoms with Crippen LogP contribution in [0.4, 0.5) is 5.82 Å². The summed E-state index contributed by atoms with van der Waals surface area (Å²) in [7, 11) is 0. The van der Waals surface area contributed by atoms with Crippen molar-refractivity contribution in [3.63, 3.8) is 0 Å². The summed E-state index contributed by atoms with van der Waals surface area (Å²) in [4.78, 5) is 15.8.